The van der Waals surface area contributed by atoms with Gasteiger partial charge < -0.3 is 0 Å². The molecular weight excluding hydrogens is 251 g/mol. The first-order valence-electron chi connectivity index (χ1n) is 2.37. The van der Waals surface area contributed by atoms with Gasteiger partial charge in [-0.05, 0) is 13.8 Å². The lowest BCUT2D eigenvalue weighted by Gasteiger charge is -2.12. The molecule has 0 radical (unpaired) electrons. The maximum absolute atomic E-state index is 10.9. The molecule has 0 rings (SSSR count). The van der Waals surface area contributed by atoms with Gasteiger partial charge in [-0.3, -0.25) is 0 Å². The third-order valence-electron chi connectivity index (χ3n) is 0.896. The average Bonchev–Trinajstić information content (AvgIpc) is 1.64. The van der Waals surface area contributed by atoms with Gasteiger partial charge in [-0.1, -0.05) is 29.2 Å². The van der Waals surface area contributed by atoms with E-state index in [4.69, 9.17) is 0 Å². The standard InChI is InChI=1S/C5H9IO2S/c1-4-9(7,8)5(2,3)6/h4H,1H2,2-3H3. The second-order valence-corrected chi connectivity index (χ2v) is 7.95. The Kier molecular flexibility index (Phi) is 2.69. The maximum atomic E-state index is 10.9. The molecule has 0 saturated carbocycles. The van der Waals surface area contributed by atoms with Crippen molar-refractivity contribution < 1.29 is 8.42 Å². The molecule has 0 aromatic rings. The van der Waals surface area contributed by atoms with Gasteiger partial charge in [-0.25, -0.2) is 8.42 Å². The van der Waals surface area contributed by atoms with Crippen LogP contribution in [0.3, 0.4) is 0 Å². The predicted octanol–water partition coefficient (Wildman–Crippen LogP) is 1.72. The molecule has 0 fully saturated rings. The van der Waals surface area contributed by atoms with Crippen molar-refractivity contribution in [2.45, 2.75) is 16.6 Å². The minimum Gasteiger partial charge on any atom is -0.223 e. The SMILES string of the molecule is C=CS(=O)(=O)C(C)(C)I. The molecule has 0 heterocycles. The van der Waals surface area contributed by atoms with Crippen LogP contribution in [-0.2, 0) is 9.84 Å². The summed E-state index contributed by atoms with van der Waals surface area (Å²) < 4.78 is 21.1. The minimum absolute atomic E-state index is 0.730. The van der Waals surface area contributed by atoms with Crippen molar-refractivity contribution in [1.82, 2.24) is 0 Å². The van der Waals surface area contributed by atoms with Crippen LogP contribution >= 0.6 is 22.6 Å². The first-order chi connectivity index (χ1) is 3.81. The summed E-state index contributed by atoms with van der Waals surface area (Å²) in [7, 11) is -3.09. The summed E-state index contributed by atoms with van der Waals surface area (Å²) in [4.78, 5) is 0. The smallest absolute Gasteiger partial charge is 0.185 e. The second kappa shape index (κ2) is 2.57. The van der Waals surface area contributed by atoms with E-state index in [0.717, 1.165) is 5.41 Å². The number of alkyl halides is 1. The lowest BCUT2D eigenvalue weighted by Crippen LogP contribution is -2.21. The Labute approximate surface area is 69.4 Å². The van der Waals surface area contributed by atoms with E-state index in [-0.39, 0.29) is 0 Å². The molecule has 0 bridgehead atoms. The van der Waals surface area contributed by atoms with Crippen LogP contribution in [0.2, 0.25) is 0 Å². The molecule has 0 spiro atoms. The molecule has 0 aliphatic carbocycles. The molecule has 54 valence electrons. The van der Waals surface area contributed by atoms with Gasteiger partial charge in [0.15, 0.2) is 9.84 Å². The van der Waals surface area contributed by atoms with Crippen molar-refractivity contribution in [3.63, 3.8) is 0 Å². The molecular formula is C5H9IO2S. The Morgan fingerprint density at radius 3 is 1.89 bits per heavy atom. The molecule has 0 atom stereocenters. The number of hydrogen-bond acceptors (Lipinski definition) is 2. The summed E-state index contributed by atoms with van der Waals surface area (Å²) in [6.45, 7) is 6.47. The van der Waals surface area contributed by atoms with Gasteiger partial charge in [0, 0.05) is 5.41 Å². The molecule has 4 heteroatoms. The summed E-state index contributed by atoms with van der Waals surface area (Å²) in [6.07, 6.45) is 0. The van der Waals surface area contributed by atoms with Gasteiger partial charge >= 0.3 is 0 Å². The summed E-state index contributed by atoms with van der Waals surface area (Å²) in [6, 6.07) is 0. The van der Waals surface area contributed by atoms with Crippen LogP contribution in [0.4, 0.5) is 0 Å². The zero-order valence-corrected chi connectivity index (χ0v) is 8.36. The van der Waals surface area contributed by atoms with Crippen LogP contribution in [0.15, 0.2) is 12.0 Å². The van der Waals surface area contributed by atoms with Crippen molar-refractivity contribution in [3.05, 3.63) is 12.0 Å². The summed E-state index contributed by atoms with van der Waals surface area (Å²) in [5.41, 5.74) is 0. The van der Waals surface area contributed by atoms with Crippen LogP contribution in [0.5, 0.6) is 0 Å². The molecule has 0 N–H and O–H groups in total. The molecule has 9 heavy (non-hydrogen) atoms. The van der Waals surface area contributed by atoms with Crippen LogP contribution in [-0.4, -0.2) is 11.2 Å². The van der Waals surface area contributed by atoms with E-state index in [2.05, 4.69) is 6.58 Å². The lowest BCUT2D eigenvalue weighted by atomic mass is 10.6. The van der Waals surface area contributed by atoms with Crippen molar-refractivity contribution in [2.24, 2.45) is 0 Å². The van der Waals surface area contributed by atoms with Gasteiger partial charge in [0.25, 0.3) is 0 Å². The van der Waals surface area contributed by atoms with E-state index < -0.39 is 12.6 Å². The largest absolute Gasteiger partial charge is 0.223 e. The normalized spacial score (nSPS) is 13.2. The second-order valence-electron chi connectivity index (χ2n) is 2.08. The molecule has 0 aromatic carbocycles. The van der Waals surface area contributed by atoms with Gasteiger partial charge in [-0.2, -0.15) is 0 Å². The highest BCUT2D eigenvalue weighted by Gasteiger charge is 2.27. The Morgan fingerprint density at radius 1 is 1.56 bits per heavy atom. The molecule has 0 aliphatic heterocycles. The average molecular weight is 260 g/mol. The zero-order valence-electron chi connectivity index (χ0n) is 5.39. The fourth-order valence-corrected chi connectivity index (χ4v) is 1.13. The highest BCUT2D eigenvalue weighted by Crippen LogP contribution is 2.25. The zero-order chi connectivity index (χ0) is 7.71. The third-order valence-corrected chi connectivity index (χ3v) is 4.53. The fourth-order valence-electron chi connectivity index (χ4n) is 0.198. The van der Waals surface area contributed by atoms with Gasteiger partial charge in [0.1, 0.15) is 2.75 Å². The highest BCUT2D eigenvalue weighted by atomic mass is 127. The van der Waals surface area contributed by atoms with Crippen LogP contribution in [0, 0.1) is 0 Å². The van der Waals surface area contributed by atoms with E-state index >= 15 is 0 Å². The van der Waals surface area contributed by atoms with E-state index in [9.17, 15) is 8.42 Å². The Balaban J connectivity index is 4.79. The summed E-state index contributed by atoms with van der Waals surface area (Å²) >= 11 is 1.86. The van der Waals surface area contributed by atoms with Gasteiger partial charge in [-0.15, -0.1) is 0 Å². The lowest BCUT2D eigenvalue weighted by molar-refractivity contribution is 0.594. The van der Waals surface area contributed by atoms with Crippen LogP contribution in [0.25, 0.3) is 0 Å². The minimum atomic E-state index is -3.09. The van der Waals surface area contributed by atoms with Crippen LogP contribution in [0.1, 0.15) is 13.8 Å². The monoisotopic (exact) mass is 260 g/mol. The summed E-state index contributed by atoms with van der Waals surface area (Å²) in [5.74, 6) is 0. The van der Waals surface area contributed by atoms with Crippen molar-refractivity contribution in [2.75, 3.05) is 0 Å². The highest BCUT2D eigenvalue weighted by molar-refractivity contribution is 14.1. The number of sulfone groups is 1. The Bertz CT molecular complexity index is 197. The molecule has 0 aromatic heterocycles. The van der Waals surface area contributed by atoms with Crippen molar-refractivity contribution >= 4 is 32.4 Å². The topological polar surface area (TPSA) is 34.1 Å². The van der Waals surface area contributed by atoms with Crippen molar-refractivity contribution in [1.29, 1.82) is 0 Å². The Hall–Kier alpha value is 0.420. The first-order valence-corrected chi connectivity index (χ1v) is 5.00. The molecule has 0 amide bonds. The summed E-state index contributed by atoms with van der Waals surface area (Å²) in [5, 5.41) is 0.986. The third kappa shape index (κ3) is 2.25. The van der Waals surface area contributed by atoms with Crippen molar-refractivity contribution in [3.8, 4) is 0 Å². The molecule has 0 saturated heterocycles. The molecule has 2 nitrogen and oxygen atoms in total. The maximum Gasteiger partial charge on any atom is 0.185 e. The molecule has 0 aliphatic rings. The predicted molar refractivity (Wildman–Crippen MR) is 47.2 cm³/mol. The van der Waals surface area contributed by atoms with E-state index in [1.165, 1.54) is 0 Å². The first kappa shape index (κ1) is 9.42. The number of hydrogen-bond donors (Lipinski definition) is 0. The van der Waals surface area contributed by atoms with Gasteiger partial charge in [0.2, 0.25) is 0 Å². The van der Waals surface area contributed by atoms with Crippen LogP contribution < -0.4 is 0 Å². The number of halogens is 1. The quantitative estimate of drug-likeness (QED) is 0.559. The van der Waals surface area contributed by atoms with E-state index in [1.807, 2.05) is 22.6 Å². The van der Waals surface area contributed by atoms with E-state index in [0.29, 0.717) is 0 Å². The molecule has 0 unspecified atom stereocenters. The Morgan fingerprint density at radius 2 is 1.89 bits per heavy atom. The fraction of sp³-hybridized carbons (Fsp3) is 0.600. The number of rotatable bonds is 2. The van der Waals surface area contributed by atoms with E-state index in [1.54, 1.807) is 13.8 Å². The van der Waals surface area contributed by atoms with Gasteiger partial charge in [0.05, 0.1) is 0 Å².